The van der Waals surface area contributed by atoms with Crippen LogP contribution in [0.4, 0.5) is 9.59 Å². The fourth-order valence-corrected chi connectivity index (χ4v) is 2.14. The molecule has 3 aromatic rings. The number of furan rings is 1. The van der Waals surface area contributed by atoms with Crippen molar-refractivity contribution in [2.45, 2.75) is 6.92 Å². The molecule has 0 radical (unpaired) electrons. The van der Waals surface area contributed by atoms with Crippen LogP contribution < -0.4 is 22.3 Å². The summed E-state index contributed by atoms with van der Waals surface area (Å²) in [5, 5.41) is 9.67. The van der Waals surface area contributed by atoms with Gasteiger partial charge in [0.15, 0.2) is 0 Å². The van der Waals surface area contributed by atoms with Crippen molar-refractivity contribution in [3.8, 4) is 0 Å². The third-order valence-corrected chi connectivity index (χ3v) is 3.41. The molecule has 2 aromatic carbocycles. The Labute approximate surface area is 193 Å². The Kier molecular flexibility index (Phi) is 13.7. The number of hydrazone groups is 2. The van der Waals surface area contributed by atoms with Crippen LogP contribution >= 0.6 is 12.4 Å². The molecule has 4 amide bonds. The second-order valence-corrected chi connectivity index (χ2v) is 5.48. The van der Waals surface area contributed by atoms with Gasteiger partial charge in [0.2, 0.25) is 0 Å². The Hall–Kier alpha value is -3.47. The van der Waals surface area contributed by atoms with E-state index in [2.05, 4.69) is 15.6 Å². The zero-order chi connectivity index (χ0) is 22.4. The number of fused-ring (bicyclic) bond motifs is 1. The molecule has 12 heteroatoms. The molecule has 0 spiro atoms. The minimum absolute atomic E-state index is 0. The summed E-state index contributed by atoms with van der Waals surface area (Å²) < 4.78 is 13.1. The molecular weight excluding hydrogens is 463 g/mol. The van der Waals surface area contributed by atoms with E-state index in [1.165, 1.54) is 17.9 Å². The van der Waals surface area contributed by atoms with Crippen molar-refractivity contribution >= 4 is 47.2 Å². The van der Waals surface area contributed by atoms with E-state index >= 15 is 0 Å². The summed E-state index contributed by atoms with van der Waals surface area (Å²) in [6, 6.07) is 16.1. The molecule has 31 heavy (non-hydrogen) atoms. The van der Waals surface area contributed by atoms with Crippen molar-refractivity contribution in [2.75, 3.05) is 0 Å². The van der Waals surface area contributed by atoms with Gasteiger partial charge in [-0.25, -0.2) is 20.4 Å². The van der Waals surface area contributed by atoms with Gasteiger partial charge < -0.3 is 15.9 Å². The van der Waals surface area contributed by atoms with Gasteiger partial charge in [-0.2, -0.15) is 10.2 Å². The van der Waals surface area contributed by atoms with Crippen molar-refractivity contribution in [2.24, 2.45) is 21.7 Å². The van der Waals surface area contributed by atoms with Gasteiger partial charge in [0, 0.05) is 0 Å². The van der Waals surface area contributed by atoms with Gasteiger partial charge in [-0.3, -0.25) is 0 Å². The van der Waals surface area contributed by atoms with E-state index in [1.54, 1.807) is 12.1 Å². The van der Waals surface area contributed by atoms with E-state index < -0.39 is 12.1 Å². The fraction of sp³-hybridized carbons (Fsp3) is 0.0526. The first-order chi connectivity index (χ1) is 14.5. The summed E-state index contributed by atoms with van der Waals surface area (Å²) in [6.07, 6.45) is 2.86. The molecule has 0 aliphatic carbocycles. The molecule has 0 aliphatic rings. The van der Waals surface area contributed by atoms with Crippen molar-refractivity contribution < 1.29 is 35.0 Å². The van der Waals surface area contributed by atoms with Crippen molar-refractivity contribution in [1.29, 1.82) is 0 Å². The second kappa shape index (κ2) is 15.4. The number of hydrogen-bond acceptors (Lipinski definition) is 6. The molecule has 0 saturated heterocycles. The SMILES string of the molecule is C/C(=N/NC(N)=O)c1ccc2ccccc2c1.Cl.NC(=O)N/N=C\c1ccco1.[O]=[V]. The Balaban J connectivity index is 0.000000561. The minimum atomic E-state index is -0.701. The van der Waals surface area contributed by atoms with Crippen LogP contribution in [0.25, 0.3) is 10.8 Å². The second-order valence-electron chi connectivity index (χ2n) is 5.48. The quantitative estimate of drug-likeness (QED) is 0.331. The molecule has 10 nitrogen and oxygen atoms in total. The van der Waals surface area contributed by atoms with Gasteiger partial charge in [0.25, 0.3) is 0 Å². The van der Waals surface area contributed by atoms with Gasteiger partial charge in [0.05, 0.1) is 18.2 Å². The first-order valence-electron chi connectivity index (χ1n) is 8.35. The van der Waals surface area contributed by atoms with E-state index in [-0.39, 0.29) is 12.4 Å². The average Bonchev–Trinajstić information content (AvgIpc) is 3.27. The van der Waals surface area contributed by atoms with E-state index in [0.29, 0.717) is 5.76 Å². The van der Waals surface area contributed by atoms with Crippen molar-refractivity contribution in [3.63, 3.8) is 0 Å². The summed E-state index contributed by atoms with van der Waals surface area (Å²) in [6.45, 7) is 1.82. The third-order valence-electron chi connectivity index (χ3n) is 3.41. The molecule has 163 valence electrons. The summed E-state index contributed by atoms with van der Waals surface area (Å²) in [4.78, 5) is 20.6. The van der Waals surface area contributed by atoms with Crippen LogP contribution in [-0.4, -0.2) is 24.0 Å². The molecule has 3 rings (SSSR count). The summed E-state index contributed by atoms with van der Waals surface area (Å²) in [7, 11) is 0. The first-order valence-corrected chi connectivity index (χ1v) is 8.92. The predicted octanol–water partition coefficient (Wildman–Crippen LogP) is 2.81. The predicted molar refractivity (Wildman–Crippen MR) is 116 cm³/mol. The van der Waals surface area contributed by atoms with Crippen molar-refractivity contribution in [3.05, 3.63) is 72.2 Å². The summed E-state index contributed by atoms with van der Waals surface area (Å²) >= 11 is 1.06. The van der Waals surface area contributed by atoms with Gasteiger partial charge >= 0.3 is 33.1 Å². The average molecular weight is 484 g/mol. The number of hydrogen-bond donors (Lipinski definition) is 4. The number of nitrogens with two attached hydrogens (primary N) is 2. The Morgan fingerprint density at radius 2 is 1.61 bits per heavy atom. The standard InChI is InChI=1S/C13H13N3O.C6H7N3O2.ClH.O.V/c1-9(15-16-13(14)17)11-7-6-10-4-2-3-5-12(10)8-11;7-6(10)9-8-4-5-2-1-3-11-5;;;/h2-8H,1H3,(H3,14,16,17);1-4H,(H3,7,9,10);1H;;/b15-9-;8-4-;;;. The van der Waals surface area contributed by atoms with E-state index in [4.69, 9.17) is 19.6 Å². The Morgan fingerprint density at radius 1 is 0.968 bits per heavy atom. The number of rotatable bonds is 4. The van der Waals surface area contributed by atoms with Crippen LogP contribution in [0.3, 0.4) is 0 Å². The van der Waals surface area contributed by atoms with Gasteiger partial charge in [-0.05, 0) is 41.5 Å². The van der Waals surface area contributed by atoms with Crippen LogP contribution in [0.5, 0.6) is 0 Å². The molecule has 0 bridgehead atoms. The molecule has 1 heterocycles. The normalized spacial score (nSPS) is 10.0. The first kappa shape index (κ1) is 27.5. The number of benzene rings is 2. The molecule has 0 atom stereocenters. The number of nitrogens with one attached hydrogen (secondary N) is 2. The zero-order valence-electron chi connectivity index (χ0n) is 16.4. The van der Waals surface area contributed by atoms with Crippen LogP contribution in [0, 0.1) is 0 Å². The number of halogens is 1. The molecule has 6 N–H and O–H groups in total. The fourth-order valence-electron chi connectivity index (χ4n) is 2.14. The topological polar surface area (TPSA) is 165 Å². The summed E-state index contributed by atoms with van der Waals surface area (Å²) in [5.74, 6) is 0.554. The third kappa shape index (κ3) is 10.8. The number of nitrogens with zero attached hydrogens (tertiary/aromatic N) is 2. The van der Waals surface area contributed by atoms with Crippen LogP contribution in [0.1, 0.15) is 18.2 Å². The maximum absolute atomic E-state index is 10.6. The van der Waals surface area contributed by atoms with Crippen LogP contribution in [0.15, 0.2) is 75.5 Å². The molecular formula is C19H21ClN6O4V. The number of urea groups is 2. The van der Waals surface area contributed by atoms with Crippen LogP contribution in [-0.2, 0) is 21.0 Å². The van der Waals surface area contributed by atoms with E-state index in [9.17, 15) is 9.59 Å². The number of amides is 4. The van der Waals surface area contributed by atoms with Gasteiger partial charge in [-0.1, -0.05) is 36.4 Å². The van der Waals surface area contributed by atoms with E-state index in [0.717, 1.165) is 34.0 Å². The molecule has 0 saturated carbocycles. The molecule has 0 fully saturated rings. The summed E-state index contributed by atoms with van der Waals surface area (Å²) in [5.41, 5.74) is 15.6. The monoisotopic (exact) mass is 483 g/mol. The van der Waals surface area contributed by atoms with E-state index in [1.807, 2.05) is 54.8 Å². The zero-order valence-corrected chi connectivity index (χ0v) is 18.6. The van der Waals surface area contributed by atoms with Crippen molar-refractivity contribution in [1.82, 2.24) is 10.9 Å². The Bertz CT molecular complexity index is 1030. The van der Waals surface area contributed by atoms with Gasteiger partial charge in [-0.15, -0.1) is 12.4 Å². The van der Waals surface area contributed by atoms with Crippen LogP contribution in [0.2, 0.25) is 0 Å². The van der Waals surface area contributed by atoms with Gasteiger partial charge in [0.1, 0.15) is 5.76 Å². The molecule has 1 aromatic heterocycles. The molecule has 0 aliphatic heterocycles. The number of primary amides is 2. The maximum atomic E-state index is 10.6. The Morgan fingerprint density at radius 3 is 2.19 bits per heavy atom. The molecule has 0 unspecified atom stereocenters. The number of carbonyl (C=O) groups excluding carboxylic acids is 2. The number of carbonyl (C=O) groups is 2.